The van der Waals surface area contributed by atoms with Crippen molar-refractivity contribution in [2.24, 2.45) is 0 Å². The van der Waals surface area contributed by atoms with Crippen molar-refractivity contribution < 1.29 is 14.6 Å². The molecule has 2 aromatic carbocycles. The van der Waals surface area contributed by atoms with Crippen LogP contribution in [0, 0.1) is 11.8 Å². The van der Waals surface area contributed by atoms with E-state index in [0.717, 1.165) is 11.1 Å². The summed E-state index contributed by atoms with van der Waals surface area (Å²) in [6.07, 6.45) is 0.502. The van der Waals surface area contributed by atoms with Crippen LogP contribution in [0.25, 0.3) is 0 Å². The number of hydrogen-bond donors (Lipinski definition) is 1. The number of likely N-dealkylation sites (tertiary alicyclic amines) is 1. The largest absolute Gasteiger partial charge is 0.445 e. The van der Waals surface area contributed by atoms with E-state index in [4.69, 9.17) is 4.74 Å². The molecule has 25 heavy (non-hydrogen) atoms. The molecular formula is C21H21NO3. The quantitative estimate of drug-likeness (QED) is 0.858. The SMILES string of the molecule is O=C(OCc1ccccc1)N1CCC(O)(C#Cc2ccccc2)CC1. The van der Waals surface area contributed by atoms with Gasteiger partial charge in [0.05, 0.1) is 0 Å². The van der Waals surface area contributed by atoms with Crippen LogP contribution in [-0.2, 0) is 11.3 Å². The maximum atomic E-state index is 12.1. The van der Waals surface area contributed by atoms with Crippen molar-refractivity contribution in [2.45, 2.75) is 25.0 Å². The van der Waals surface area contributed by atoms with Crippen LogP contribution in [0.5, 0.6) is 0 Å². The van der Waals surface area contributed by atoms with Crippen molar-refractivity contribution in [1.82, 2.24) is 4.90 Å². The normalized spacial score (nSPS) is 15.8. The third-order valence-corrected chi connectivity index (χ3v) is 4.27. The summed E-state index contributed by atoms with van der Waals surface area (Å²) in [6, 6.07) is 19.2. The Morgan fingerprint density at radius 3 is 2.28 bits per heavy atom. The summed E-state index contributed by atoms with van der Waals surface area (Å²) < 4.78 is 5.33. The van der Waals surface area contributed by atoms with Gasteiger partial charge in [0.25, 0.3) is 0 Å². The average molecular weight is 335 g/mol. The number of benzene rings is 2. The molecule has 3 rings (SSSR count). The van der Waals surface area contributed by atoms with Gasteiger partial charge in [0.1, 0.15) is 12.2 Å². The lowest BCUT2D eigenvalue weighted by molar-refractivity contribution is 0.0203. The highest BCUT2D eigenvalue weighted by Gasteiger charge is 2.33. The van der Waals surface area contributed by atoms with Gasteiger partial charge in [0.2, 0.25) is 0 Å². The molecule has 1 saturated heterocycles. The number of carbonyl (C=O) groups excluding carboxylic acids is 1. The summed E-state index contributed by atoms with van der Waals surface area (Å²) in [5.74, 6) is 5.97. The number of rotatable bonds is 2. The second kappa shape index (κ2) is 7.87. The summed E-state index contributed by atoms with van der Waals surface area (Å²) in [5.41, 5.74) is 0.783. The van der Waals surface area contributed by atoms with Crippen LogP contribution in [0.1, 0.15) is 24.0 Å². The third-order valence-electron chi connectivity index (χ3n) is 4.27. The van der Waals surface area contributed by atoms with Gasteiger partial charge in [-0.3, -0.25) is 0 Å². The molecule has 0 saturated carbocycles. The molecule has 1 fully saturated rings. The van der Waals surface area contributed by atoms with Gasteiger partial charge in [-0.2, -0.15) is 0 Å². The van der Waals surface area contributed by atoms with Gasteiger partial charge in [-0.1, -0.05) is 60.4 Å². The lowest BCUT2D eigenvalue weighted by Gasteiger charge is -2.34. The molecular weight excluding hydrogens is 314 g/mol. The third kappa shape index (κ3) is 4.85. The van der Waals surface area contributed by atoms with Crippen LogP contribution in [0.15, 0.2) is 60.7 Å². The summed E-state index contributed by atoms with van der Waals surface area (Å²) in [5, 5.41) is 10.6. The second-order valence-electron chi connectivity index (χ2n) is 6.17. The maximum Gasteiger partial charge on any atom is 0.410 e. The summed E-state index contributed by atoms with van der Waals surface area (Å²) in [6.45, 7) is 1.13. The number of aliphatic hydroxyl groups is 1. The van der Waals surface area contributed by atoms with E-state index in [0.29, 0.717) is 25.9 Å². The second-order valence-corrected chi connectivity index (χ2v) is 6.17. The van der Waals surface area contributed by atoms with Crippen molar-refractivity contribution >= 4 is 6.09 Å². The van der Waals surface area contributed by atoms with Crippen LogP contribution in [-0.4, -0.2) is 34.8 Å². The summed E-state index contributed by atoms with van der Waals surface area (Å²) in [4.78, 5) is 13.8. The Morgan fingerprint density at radius 1 is 1.04 bits per heavy atom. The first-order valence-electron chi connectivity index (χ1n) is 8.41. The van der Waals surface area contributed by atoms with Gasteiger partial charge in [-0.25, -0.2) is 4.79 Å². The van der Waals surface area contributed by atoms with Gasteiger partial charge < -0.3 is 14.7 Å². The molecule has 0 unspecified atom stereocenters. The van der Waals surface area contributed by atoms with E-state index in [1.807, 2.05) is 60.7 Å². The molecule has 1 aliphatic rings. The molecule has 0 bridgehead atoms. The first-order valence-corrected chi connectivity index (χ1v) is 8.41. The molecule has 1 N–H and O–H groups in total. The Morgan fingerprint density at radius 2 is 1.64 bits per heavy atom. The lowest BCUT2D eigenvalue weighted by Crippen LogP contribution is -2.46. The van der Waals surface area contributed by atoms with Gasteiger partial charge in [0, 0.05) is 31.5 Å². The zero-order valence-electron chi connectivity index (χ0n) is 14.0. The minimum absolute atomic E-state index is 0.258. The standard InChI is InChI=1S/C21H21NO3/c23-20(25-17-19-9-5-2-6-10-19)22-15-13-21(24,14-16-22)12-11-18-7-3-1-4-8-18/h1-10,24H,13-17H2. The first kappa shape index (κ1) is 17.1. The Bertz CT molecular complexity index is 754. The molecule has 128 valence electrons. The minimum Gasteiger partial charge on any atom is -0.445 e. The number of hydrogen-bond acceptors (Lipinski definition) is 3. The average Bonchev–Trinajstić information content (AvgIpc) is 2.67. The van der Waals surface area contributed by atoms with Crippen molar-refractivity contribution in [1.29, 1.82) is 0 Å². The van der Waals surface area contributed by atoms with Crippen molar-refractivity contribution in [2.75, 3.05) is 13.1 Å². The van der Waals surface area contributed by atoms with E-state index >= 15 is 0 Å². The fourth-order valence-electron chi connectivity index (χ4n) is 2.70. The number of ether oxygens (including phenoxy) is 1. The molecule has 0 aromatic heterocycles. The van der Waals surface area contributed by atoms with E-state index < -0.39 is 5.60 Å². The smallest absolute Gasteiger partial charge is 0.410 e. The Labute approximate surface area is 148 Å². The predicted molar refractivity (Wildman–Crippen MR) is 95.7 cm³/mol. The zero-order chi connectivity index (χ0) is 17.5. The lowest BCUT2D eigenvalue weighted by atomic mass is 9.92. The molecule has 1 heterocycles. The number of nitrogens with zero attached hydrogens (tertiary/aromatic N) is 1. The fourth-order valence-corrected chi connectivity index (χ4v) is 2.70. The monoisotopic (exact) mass is 335 g/mol. The molecule has 0 aliphatic carbocycles. The number of carbonyl (C=O) groups is 1. The molecule has 1 aliphatic heterocycles. The van der Waals surface area contributed by atoms with E-state index in [-0.39, 0.29) is 12.7 Å². The summed E-state index contributed by atoms with van der Waals surface area (Å²) >= 11 is 0. The molecule has 2 aromatic rings. The molecule has 4 heteroatoms. The van der Waals surface area contributed by atoms with E-state index in [1.165, 1.54) is 0 Å². The predicted octanol–water partition coefficient (Wildman–Crippen LogP) is 3.20. The van der Waals surface area contributed by atoms with E-state index in [9.17, 15) is 9.90 Å². The Kier molecular flexibility index (Phi) is 5.37. The first-order chi connectivity index (χ1) is 12.1. The minimum atomic E-state index is -1.05. The maximum absolute atomic E-state index is 12.1. The van der Waals surface area contributed by atoms with Crippen LogP contribution in [0.4, 0.5) is 4.79 Å². The zero-order valence-corrected chi connectivity index (χ0v) is 14.0. The van der Waals surface area contributed by atoms with Gasteiger partial charge in [-0.05, 0) is 17.7 Å². The van der Waals surface area contributed by atoms with Gasteiger partial charge in [-0.15, -0.1) is 0 Å². The molecule has 0 radical (unpaired) electrons. The Balaban J connectivity index is 1.51. The Hall–Kier alpha value is -2.77. The topological polar surface area (TPSA) is 49.8 Å². The van der Waals surface area contributed by atoms with Crippen molar-refractivity contribution in [3.8, 4) is 11.8 Å². The van der Waals surface area contributed by atoms with E-state index in [2.05, 4.69) is 11.8 Å². The molecule has 0 spiro atoms. The molecule has 4 nitrogen and oxygen atoms in total. The summed E-state index contributed by atoms with van der Waals surface area (Å²) in [7, 11) is 0. The van der Waals surface area contributed by atoms with Gasteiger partial charge >= 0.3 is 6.09 Å². The van der Waals surface area contributed by atoms with Crippen LogP contribution in [0.2, 0.25) is 0 Å². The van der Waals surface area contributed by atoms with Crippen LogP contribution in [0.3, 0.4) is 0 Å². The highest BCUT2D eigenvalue weighted by molar-refractivity contribution is 5.67. The van der Waals surface area contributed by atoms with Crippen molar-refractivity contribution in [3.05, 3.63) is 71.8 Å². The van der Waals surface area contributed by atoms with Crippen molar-refractivity contribution in [3.63, 3.8) is 0 Å². The molecule has 0 atom stereocenters. The highest BCUT2D eigenvalue weighted by atomic mass is 16.6. The van der Waals surface area contributed by atoms with Crippen LogP contribution < -0.4 is 0 Å². The fraction of sp³-hybridized carbons (Fsp3) is 0.286. The van der Waals surface area contributed by atoms with E-state index in [1.54, 1.807) is 4.90 Å². The number of piperidine rings is 1. The number of amides is 1. The molecule has 1 amide bonds. The van der Waals surface area contributed by atoms with Gasteiger partial charge in [0.15, 0.2) is 0 Å². The highest BCUT2D eigenvalue weighted by Crippen LogP contribution is 2.22. The van der Waals surface area contributed by atoms with Crippen LogP contribution >= 0.6 is 0 Å².